The molecule has 4 rings (SSSR count). The van der Waals surface area contributed by atoms with Gasteiger partial charge in [0.25, 0.3) is 0 Å². The van der Waals surface area contributed by atoms with Crippen molar-refractivity contribution < 1.29 is 9.47 Å². The van der Waals surface area contributed by atoms with Gasteiger partial charge in [0.05, 0.1) is 0 Å². The molecule has 0 unspecified atom stereocenters. The molecule has 1 aliphatic heterocycles. The Morgan fingerprint density at radius 1 is 0.833 bits per heavy atom. The average Bonchev–Trinajstić information content (AvgIpc) is 2.62. The molecule has 0 radical (unpaired) electrons. The zero-order chi connectivity index (χ0) is 16.4. The Kier molecular flexibility index (Phi) is 3.92. The number of rotatable bonds is 2. The van der Waals surface area contributed by atoms with Crippen LogP contribution in [-0.4, -0.2) is 18.3 Å². The summed E-state index contributed by atoms with van der Waals surface area (Å²) in [6, 6.07) is 20.0. The van der Waals surface area contributed by atoms with Gasteiger partial charge in [0, 0.05) is 22.8 Å². The minimum absolute atomic E-state index is 0.531. The van der Waals surface area contributed by atoms with Crippen molar-refractivity contribution in [2.45, 2.75) is 0 Å². The van der Waals surface area contributed by atoms with E-state index in [1.165, 1.54) is 5.39 Å². The Morgan fingerprint density at radius 3 is 2.54 bits per heavy atom. The van der Waals surface area contributed by atoms with E-state index in [-0.39, 0.29) is 0 Å². The Bertz CT molecular complexity index is 906. The van der Waals surface area contributed by atoms with Gasteiger partial charge in [-0.05, 0) is 35.8 Å². The molecule has 0 aliphatic carbocycles. The second-order valence-electron chi connectivity index (χ2n) is 5.46. The van der Waals surface area contributed by atoms with Crippen LogP contribution >= 0.6 is 12.2 Å². The molecular weight excluding hydrogens is 320 g/mol. The van der Waals surface area contributed by atoms with Gasteiger partial charge in [-0.15, -0.1) is 0 Å². The van der Waals surface area contributed by atoms with Crippen molar-refractivity contribution in [3.05, 3.63) is 60.7 Å². The first-order valence-electron chi connectivity index (χ1n) is 7.75. The lowest BCUT2D eigenvalue weighted by Crippen LogP contribution is -2.20. The first kappa shape index (κ1) is 14.8. The fourth-order valence-corrected chi connectivity index (χ4v) is 2.97. The van der Waals surface area contributed by atoms with Gasteiger partial charge in [0.1, 0.15) is 13.2 Å². The van der Waals surface area contributed by atoms with Crippen molar-refractivity contribution >= 4 is 39.5 Å². The number of fused-ring (bicyclic) bond motifs is 2. The molecule has 0 fully saturated rings. The standard InChI is InChI=1S/C19H16N2O2S/c24-19(20-14-8-9-17-18(12-14)23-11-10-22-17)21-16-7-3-5-13-4-1-2-6-15(13)16/h1-9,12H,10-11H2,(H2,20,21,24). The maximum Gasteiger partial charge on any atom is 0.175 e. The molecule has 0 saturated carbocycles. The van der Waals surface area contributed by atoms with Crippen LogP contribution in [0.4, 0.5) is 11.4 Å². The highest BCUT2D eigenvalue weighted by molar-refractivity contribution is 7.80. The zero-order valence-electron chi connectivity index (χ0n) is 12.9. The van der Waals surface area contributed by atoms with Crippen LogP contribution in [0.3, 0.4) is 0 Å². The van der Waals surface area contributed by atoms with Crippen LogP contribution in [0, 0.1) is 0 Å². The van der Waals surface area contributed by atoms with E-state index in [0.717, 1.165) is 28.3 Å². The Morgan fingerprint density at radius 2 is 1.62 bits per heavy atom. The molecule has 2 N–H and O–H groups in total. The zero-order valence-corrected chi connectivity index (χ0v) is 13.7. The third-order valence-electron chi connectivity index (χ3n) is 3.84. The summed E-state index contributed by atoms with van der Waals surface area (Å²) in [6.45, 7) is 1.15. The van der Waals surface area contributed by atoms with E-state index < -0.39 is 0 Å². The average molecular weight is 336 g/mol. The number of ether oxygens (including phenoxy) is 2. The molecule has 0 bridgehead atoms. The molecule has 3 aromatic carbocycles. The highest BCUT2D eigenvalue weighted by Gasteiger charge is 2.12. The van der Waals surface area contributed by atoms with Gasteiger partial charge in [-0.25, -0.2) is 0 Å². The lowest BCUT2D eigenvalue weighted by molar-refractivity contribution is 0.171. The summed E-state index contributed by atoms with van der Waals surface area (Å²) in [4.78, 5) is 0. The molecule has 1 aliphatic rings. The van der Waals surface area contributed by atoms with E-state index in [1.807, 2.05) is 42.5 Å². The molecule has 3 aromatic rings. The number of hydrogen-bond donors (Lipinski definition) is 2. The van der Waals surface area contributed by atoms with Crippen LogP contribution in [0.25, 0.3) is 10.8 Å². The van der Waals surface area contributed by atoms with E-state index in [0.29, 0.717) is 18.3 Å². The molecular formula is C19H16N2O2S. The number of thiocarbonyl (C=S) groups is 1. The maximum atomic E-state index is 5.59. The lowest BCUT2D eigenvalue weighted by Gasteiger charge is -2.19. The van der Waals surface area contributed by atoms with E-state index in [9.17, 15) is 0 Å². The number of anilines is 2. The van der Waals surface area contributed by atoms with Crippen LogP contribution in [0.5, 0.6) is 11.5 Å². The van der Waals surface area contributed by atoms with Crippen molar-refractivity contribution in [1.29, 1.82) is 0 Å². The minimum atomic E-state index is 0.531. The predicted octanol–water partition coefficient (Wildman–Crippen LogP) is 4.42. The van der Waals surface area contributed by atoms with Crippen molar-refractivity contribution in [3.8, 4) is 11.5 Å². The van der Waals surface area contributed by atoms with E-state index in [2.05, 4.69) is 28.8 Å². The first-order chi connectivity index (χ1) is 11.8. The fourth-order valence-electron chi connectivity index (χ4n) is 2.74. The minimum Gasteiger partial charge on any atom is -0.486 e. The quantitative estimate of drug-likeness (QED) is 0.678. The molecule has 24 heavy (non-hydrogen) atoms. The highest BCUT2D eigenvalue weighted by atomic mass is 32.1. The topological polar surface area (TPSA) is 42.5 Å². The fraction of sp³-hybridized carbons (Fsp3) is 0.105. The Labute approximate surface area is 145 Å². The second-order valence-corrected chi connectivity index (χ2v) is 5.87. The molecule has 5 heteroatoms. The maximum absolute atomic E-state index is 5.59. The Hall–Kier alpha value is -2.79. The van der Waals surface area contributed by atoms with Crippen molar-refractivity contribution in [2.24, 2.45) is 0 Å². The number of hydrogen-bond acceptors (Lipinski definition) is 3. The van der Waals surface area contributed by atoms with Crippen LogP contribution in [0.15, 0.2) is 60.7 Å². The summed E-state index contributed by atoms with van der Waals surface area (Å²) in [5.41, 5.74) is 1.83. The van der Waals surface area contributed by atoms with Crippen LogP contribution in [0.2, 0.25) is 0 Å². The van der Waals surface area contributed by atoms with Crippen LogP contribution < -0.4 is 20.1 Å². The van der Waals surface area contributed by atoms with Gasteiger partial charge in [-0.2, -0.15) is 0 Å². The summed E-state index contributed by atoms with van der Waals surface area (Å²) in [5, 5.41) is 9.28. The summed E-state index contributed by atoms with van der Waals surface area (Å²) >= 11 is 5.44. The highest BCUT2D eigenvalue weighted by Crippen LogP contribution is 2.32. The van der Waals surface area contributed by atoms with Crippen LogP contribution in [0.1, 0.15) is 0 Å². The third kappa shape index (κ3) is 2.98. The van der Waals surface area contributed by atoms with Gasteiger partial charge in [-0.3, -0.25) is 0 Å². The molecule has 0 amide bonds. The third-order valence-corrected chi connectivity index (χ3v) is 4.04. The van der Waals surface area contributed by atoms with Gasteiger partial charge in [-0.1, -0.05) is 36.4 Å². The molecule has 0 spiro atoms. The van der Waals surface area contributed by atoms with Gasteiger partial charge < -0.3 is 20.1 Å². The number of benzene rings is 3. The molecule has 0 atom stereocenters. The molecule has 120 valence electrons. The van der Waals surface area contributed by atoms with E-state index in [1.54, 1.807) is 0 Å². The largest absolute Gasteiger partial charge is 0.486 e. The van der Waals surface area contributed by atoms with Crippen molar-refractivity contribution in [2.75, 3.05) is 23.8 Å². The van der Waals surface area contributed by atoms with Crippen molar-refractivity contribution in [1.82, 2.24) is 0 Å². The van der Waals surface area contributed by atoms with Gasteiger partial charge in [0.15, 0.2) is 16.6 Å². The normalized spacial score (nSPS) is 12.7. The number of nitrogens with one attached hydrogen (secondary N) is 2. The summed E-state index contributed by atoms with van der Waals surface area (Å²) in [7, 11) is 0. The van der Waals surface area contributed by atoms with Crippen molar-refractivity contribution in [3.63, 3.8) is 0 Å². The van der Waals surface area contributed by atoms with E-state index >= 15 is 0 Å². The second kappa shape index (κ2) is 6.37. The summed E-state index contributed by atoms with van der Waals surface area (Å²) in [5.74, 6) is 1.50. The van der Waals surface area contributed by atoms with E-state index in [4.69, 9.17) is 21.7 Å². The monoisotopic (exact) mass is 336 g/mol. The first-order valence-corrected chi connectivity index (χ1v) is 8.16. The van der Waals surface area contributed by atoms with Gasteiger partial charge in [0.2, 0.25) is 0 Å². The van der Waals surface area contributed by atoms with Crippen LogP contribution in [-0.2, 0) is 0 Å². The molecule has 4 nitrogen and oxygen atoms in total. The summed E-state index contributed by atoms with van der Waals surface area (Å²) in [6.07, 6.45) is 0. The molecule has 1 heterocycles. The van der Waals surface area contributed by atoms with Gasteiger partial charge >= 0.3 is 0 Å². The molecule has 0 aromatic heterocycles. The Balaban J connectivity index is 1.52. The molecule has 0 saturated heterocycles. The smallest absolute Gasteiger partial charge is 0.175 e. The predicted molar refractivity (Wildman–Crippen MR) is 101 cm³/mol. The summed E-state index contributed by atoms with van der Waals surface area (Å²) < 4.78 is 11.1. The SMILES string of the molecule is S=C(Nc1ccc2c(c1)OCCO2)Nc1cccc2ccccc12. The lowest BCUT2D eigenvalue weighted by atomic mass is 10.1.